The van der Waals surface area contributed by atoms with Crippen LogP contribution in [0.15, 0.2) is 0 Å². The molecule has 0 aromatic rings. The first-order chi connectivity index (χ1) is 8.25. The van der Waals surface area contributed by atoms with Crippen molar-refractivity contribution in [1.29, 1.82) is 0 Å². The summed E-state index contributed by atoms with van der Waals surface area (Å²) in [6, 6.07) is 0. The minimum absolute atomic E-state index is 0.493. The van der Waals surface area contributed by atoms with Crippen molar-refractivity contribution in [2.45, 2.75) is 64.6 Å². The number of hydrogen-bond donors (Lipinski definition) is 1. The second-order valence-corrected chi connectivity index (χ2v) is 11.0. The normalized spacial score (nSPS) is 11.8. The molecular formula is C14H26O3Si. The smallest absolute Gasteiger partial charge is 0.381 e. The molecule has 104 valence electrons. The van der Waals surface area contributed by atoms with E-state index in [4.69, 9.17) is 9.53 Å². The summed E-state index contributed by atoms with van der Waals surface area (Å²) in [6.07, 6.45) is 0.493. The van der Waals surface area contributed by atoms with E-state index in [0.717, 1.165) is 0 Å². The van der Waals surface area contributed by atoms with Crippen LogP contribution in [0, 0.1) is 11.8 Å². The Bertz CT molecular complexity index is 302. The zero-order chi connectivity index (χ0) is 14.3. The summed E-state index contributed by atoms with van der Waals surface area (Å²) in [5.41, 5.74) is 1.64. The maximum Gasteiger partial charge on any atom is 0.381 e. The highest BCUT2D eigenvalue weighted by Crippen LogP contribution is 2.42. The lowest BCUT2D eigenvalue weighted by Gasteiger charge is -2.42. The summed E-state index contributed by atoms with van der Waals surface area (Å²) < 4.78 is 6.24. The Hall–Kier alpha value is -0.793. The highest BCUT2D eigenvalue weighted by molar-refractivity contribution is 6.77. The van der Waals surface area contributed by atoms with E-state index < -0.39 is 14.3 Å². The predicted octanol–water partition coefficient (Wildman–Crippen LogP) is 3.66. The quantitative estimate of drug-likeness (QED) is 0.455. The van der Waals surface area contributed by atoms with Gasteiger partial charge in [0.1, 0.15) is 0 Å². The van der Waals surface area contributed by atoms with Crippen LogP contribution in [-0.2, 0) is 9.22 Å². The van der Waals surface area contributed by atoms with E-state index in [-0.39, 0.29) is 0 Å². The molecule has 4 heteroatoms. The standard InChI is InChI=1S/C14H26O3Si/c1-11(2)18(12(3)4,13(5)6)17-10-8-7-9-14(15)16/h11-13H,8,10H2,1-6H3,(H,15,16). The number of carboxylic acid groups (broad SMARTS) is 1. The Morgan fingerprint density at radius 2 is 1.56 bits per heavy atom. The van der Waals surface area contributed by atoms with Gasteiger partial charge in [0.2, 0.25) is 0 Å². The van der Waals surface area contributed by atoms with Gasteiger partial charge in [-0.25, -0.2) is 4.79 Å². The molecular weight excluding hydrogens is 244 g/mol. The van der Waals surface area contributed by atoms with E-state index in [2.05, 4.69) is 53.4 Å². The van der Waals surface area contributed by atoms with Crippen molar-refractivity contribution < 1.29 is 14.3 Å². The van der Waals surface area contributed by atoms with Gasteiger partial charge >= 0.3 is 5.97 Å². The maximum atomic E-state index is 10.3. The highest BCUT2D eigenvalue weighted by Gasteiger charge is 2.44. The van der Waals surface area contributed by atoms with Crippen LogP contribution in [0.3, 0.4) is 0 Å². The van der Waals surface area contributed by atoms with Crippen molar-refractivity contribution in [3.05, 3.63) is 0 Å². The number of rotatable bonds is 6. The van der Waals surface area contributed by atoms with Gasteiger partial charge in [0.05, 0.1) is 0 Å². The number of carboxylic acids is 1. The van der Waals surface area contributed by atoms with Gasteiger partial charge in [0.15, 0.2) is 8.32 Å². The second kappa shape index (κ2) is 7.60. The molecule has 0 saturated heterocycles. The summed E-state index contributed by atoms with van der Waals surface area (Å²) in [5.74, 6) is 3.67. The van der Waals surface area contributed by atoms with Crippen molar-refractivity contribution in [2.75, 3.05) is 6.61 Å². The monoisotopic (exact) mass is 270 g/mol. The Morgan fingerprint density at radius 3 is 1.89 bits per heavy atom. The zero-order valence-corrected chi connectivity index (χ0v) is 13.4. The molecule has 1 N–H and O–H groups in total. The lowest BCUT2D eigenvalue weighted by molar-refractivity contribution is -0.130. The van der Waals surface area contributed by atoms with Gasteiger partial charge < -0.3 is 9.53 Å². The molecule has 0 fully saturated rings. The number of aliphatic carboxylic acids is 1. The molecule has 0 aliphatic carbocycles. The van der Waals surface area contributed by atoms with Crippen molar-refractivity contribution in [3.8, 4) is 11.8 Å². The van der Waals surface area contributed by atoms with Gasteiger partial charge in [-0.1, -0.05) is 47.5 Å². The Morgan fingerprint density at radius 1 is 1.11 bits per heavy atom. The minimum Gasteiger partial charge on any atom is -0.472 e. The predicted molar refractivity (Wildman–Crippen MR) is 77.0 cm³/mol. The highest BCUT2D eigenvalue weighted by atomic mass is 28.4. The third-order valence-electron chi connectivity index (χ3n) is 3.48. The van der Waals surface area contributed by atoms with Crippen LogP contribution in [0.5, 0.6) is 0 Å². The minimum atomic E-state index is -1.82. The van der Waals surface area contributed by atoms with Crippen molar-refractivity contribution in [1.82, 2.24) is 0 Å². The number of hydrogen-bond acceptors (Lipinski definition) is 2. The first-order valence-corrected chi connectivity index (χ1v) is 8.74. The van der Waals surface area contributed by atoms with Crippen molar-refractivity contribution in [2.24, 2.45) is 0 Å². The summed E-state index contributed by atoms with van der Waals surface area (Å²) >= 11 is 0. The van der Waals surface area contributed by atoms with Crippen molar-refractivity contribution >= 4 is 14.3 Å². The molecule has 0 amide bonds. The van der Waals surface area contributed by atoms with Gasteiger partial charge in [-0.2, -0.15) is 0 Å². The van der Waals surface area contributed by atoms with Gasteiger partial charge in [-0.05, 0) is 16.6 Å². The third kappa shape index (κ3) is 4.47. The zero-order valence-electron chi connectivity index (χ0n) is 12.4. The molecule has 0 aliphatic heterocycles. The van der Waals surface area contributed by atoms with Crippen LogP contribution >= 0.6 is 0 Å². The molecule has 0 aromatic heterocycles. The van der Waals surface area contributed by atoms with Crippen LogP contribution in [0.2, 0.25) is 16.6 Å². The molecule has 0 saturated carbocycles. The molecule has 0 heterocycles. The fourth-order valence-corrected chi connectivity index (χ4v) is 8.37. The van der Waals surface area contributed by atoms with Gasteiger partial charge in [-0.15, -0.1) is 0 Å². The molecule has 0 aromatic carbocycles. The molecule has 18 heavy (non-hydrogen) atoms. The lowest BCUT2D eigenvalue weighted by Crippen LogP contribution is -2.47. The summed E-state index contributed by atoms with van der Waals surface area (Å²) in [7, 11) is -1.82. The molecule has 0 rings (SSSR count). The van der Waals surface area contributed by atoms with Crippen LogP contribution in [-0.4, -0.2) is 26.0 Å². The fraction of sp³-hybridized carbons (Fsp3) is 0.786. The molecule has 0 bridgehead atoms. The summed E-state index contributed by atoms with van der Waals surface area (Å²) in [4.78, 5) is 10.3. The average molecular weight is 270 g/mol. The van der Waals surface area contributed by atoms with E-state index >= 15 is 0 Å². The topological polar surface area (TPSA) is 46.5 Å². The van der Waals surface area contributed by atoms with Gasteiger partial charge in [0.25, 0.3) is 0 Å². The molecule has 0 unspecified atom stereocenters. The van der Waals surface area contributed by atoms with Crippen molar-refractivity contribution in [3.63, 3.8) is 0 Å². The van der Waals surface area contributed by atoms with E-state index in [1.165, 1.54) is 0 Å². The third-order valence-corrected chi connectivity index (χ3v) is 9.60. The summed E-state index contributed by atoms with van der Waals surface area (Å²) in [5, 5.41) is 8.43. The molecule has 0 atom stereocenters. The van der Waals surface area contributed by atoms with Gasteiger partial charge in [0, 0.05) is 18.9 Å². The Balaban J connectivity index is 4.63. The first kappa shape index (κ1) is 17.2. The molecule has 0 radical (unpaired) electrons. The SMILES string of the molecule is CC(C)[Si](OCCC#CC(=O)O)(C(C)C)C(C)C. The Kier molecular flexibility index (Phi) is 7.26. The van der Waals surface area contributed by atoms with Crippen LogP contribution in [0.4, 0.5) is 0 Å². The average Bonchev–Trinajstić information content (AvgIpc) is 2.20. The summed E-state index contributed by atoms with van der Waals surface area (Å²) in [6.45, 7) is 13.9. The Labute approximate surface area is 112 Å². The molecule has 0 aliphatic rings. The van der Waals surface area contributed by atoms with E-state index in [0.29, 0.717) is 29.7 Å². The first-order valence-electron chi connectivity index (χ1n) is 6.60. The second-order valence-electron chi connectivity index (χ2n) is 5.52. The van der Waals surface area contributed by atoms with E-state index in [1.54, 1.807) is 0 Å². The van der Waals surface area contributed by atoms with Gasteiger partial charge in [-0.3, -0.25) is 0 Å². The maximum absolute atomic E-state index is 10.3. The molecule has 3 nitrogen and oxygen atoms in total. The lowest BCUT2D eigenvalue weighted by atomic mass is 10.4. The van der Waals surface area contributed by atoms with Crippen LogP contribution in [0.1, 0.15) is 48.0 Å². The van der Waals surface area contributed by atoms with E-state index in [1.807, 2.05) is 0 Å². The van der Waals surface area contributed by atoms with Crippen LogP contribution in [0.25, 0.3) is 0 Å². The van der Waals surface area contributed by atoms with E-state index in [9.17, 15) is 4.79 Å². The largest absolute Gasteiger partial charge is 0.472 e. The van der Waals surface area contributed by atoms with Crippen LogP contribution < -0.4 is 0 Å². The molecule has 0 spiro atoms. The number of carbonyl (C=O) groups is 1. The fourth-order valence-electron chi connectivity index (χ4n) is 2.92.